The molecule has 86 valence electrons. The van der Waals surface area contributed by atoms with Crippen LogP contribution in [0.2, 0.25) is 0 Å². The van der Waals surface area contributed by atoms with Crippen molar-refractivity contribution in [1.29, 1.82) is 5.26 Å². The van der Waals surface area contributed by atoms with Crippen molar-refractivity contribution in [3.63, 3.8) is 0 Å². The SMILES string of the molecule is CCC(C#N)CNCC1CCCN(C)C1. The van der Waals surface area contributed by atoms with Crippen LogP contribution in [0.15, 0.2) is 0 Å². The summed E-state index contributed by atoms with van der Waals surface area (Å²) in [7, 11) is 2.19. The molecule has 1 aliphatic heterocycles. The topological polar surface area (TPSA) is 39.1 Å². The van der Waals surface area contributed by atoms with Crippen molar-refractivity contribution in [2.45, 2.75) is 26.2 Å². The van der Waals surface area contributed by atoms with Crippen LogP contribution in [-0.2, 0) is 0 Å². The molecule has 0 aliphatic carbocycles. The Balaban J connectivity index is 2.11. The summed E-state index contributed by atoms with van der Waals surface area (Å²) in [6.07, 6.45) is 3.60. The molecule has 0 saturated carbocycles. The van der Waals surface area contributed by atoms with Crippen molar-refractivity contribution in [3.05, 3.63) is 0 Å². The fourth-order valence-electron chi connectivity index (χ4n) is 2.18. The van der Waals surface area contributed by atoms with E-state index in [4.69, 9.17) is 5.26 Å². The third-order valence-electron chi connectivity index (χ3n) is 3.22. The molecule has 3 nitrogen and oxygen atoms in total. The highest BCUT2D eigenvalue weighted by atomic mass is 15.1. The van der Waals surface area contributed by atoms with Crippen LogP contribution in [0.25, 0.3) is 0 Å². The van der Waals surface area contributed by atoms with Gasteiger partial charge in [0.05, 0.1) is 12.0 Å². The number of nitrogens with zero attached hydrogens (tertiary/aromatic N) is 2. The Morgan fingerprint density at radius 3 is 3.00 bits per heavy atom. The maximum absolute atomic E-state index is 8.81. The van der Waals surface area contributed by atoms with Crippen LogP contribution in [0, 0.1) is 23.2 Å². The summed E-state index contributed by atoms with van der Waals surface area (Å²) in [6.45, 7) is 6.45. The van der Waals surface area contributed by atoms with E-state index < -0.39 is 0 Å². The van der Waals surface area contributed by atoms with Crippen molar-refractivity contribution in [3.8, 4) is 6.07 Å². The molecule has 15 heavy (non-hydrogen) atoms. The van der Waals surface area contributed by atoms with Gasteiger partial charge in [-0.05, 0) is 45.3 Å². The van der Waals surface area contributed by atoms with Crippen molar-refractivity contribution in [1.82, 2.24) is 10.2 Å². The van der Waals surface area contributed by atoms with Crippen LogP contribution in [0.4, 0.5) is 0 Å². The molecule has 3 heteroatoms. The van der Waals surface area contributed by atoms with E-state index in [0.717, 1.165) is 25.4 Å². The van der Waals surface area contributed by atoms with Crippen molar-refractivity contribution in [2.24, 2.45) is 11.8 Å². The average molecular weight is 209 g/mol. The summed E-state index contributed by atoms with van der Waals surface area (Å²) in [5.74, 6) is 0.964. The summed E-state index contributed by atoms with van der Waals surface area (Å²) in [4.78, 5) is 2.40. The highest BCUT2D eigenvalue weighted by Crippen LogP contribution is 2.13. The summed E-state index contributed by atoms with van der Waals surface area (Å²) in [5.41, 5.74) is 0. The first-order valence-electron chi connectivity index (χ1n) is 6.05. The molecule has 1 rings (SSSR count). The Morgan fingerprint density at radius 2 is 2.40 bits per heavy atom. The summed E-state index contributed by atoms with van der Waals surface area (Å²) < 4.78 is 0. The molecule has 0 aromatic carbocycles. The van der Waals surface area contributed by atoms with Crippen LogP contribution in [0.5, 0.6) is 0 Å². The lowest BCUT2D eigenvalue weighted by molar-refractivity contribution is 0.205. The molecule has 2 unspecified atom stereocenters. The quantitative estimate of drug-likeness (QED) is 0.745. The van der Waals surface area contributed by atoms with Gasteiger partial charge < -0.3 is 10.2 Å². The van der Waals surface area contributed by atoms with Gasteiger partial charge in [-0.3, -0.25) is 0 Å². The molecular weight excluding hydrogens is 186 g/mol. The van der Waals surface area contributed by atoms with Gasteiger partial charge in [-0.2, -0.15) is 5.26 Å². The molecule has 0 aromatic rings. The van der Waals surface area contributed by atoms with Gasteiger partial charge in [-0.15, -0.1) is 0 Å². The highest BCUT2D eigenvalue weighted by molar-refractivity contribution is 4.83. The largest absolute Gasteiger partial charge is 0.315 e. The normalized spacial score (nSPS) is 24.7. The van der Waals surface area contributed by atoms with Crippen LogP contribution in [-0.4, -0.2) is 38.1 Å². The number of nitrogens with one attached hydrogen (secondary N) is 1. The maximum Gasteiger partial charge on any atom is 0.0669 e. The second kappa shape index (κ2) is 6.81. The summed E-state index contributed by atoms with van der Waals surface area (Å²) in [6, 6.07) is 2.33. The Labute approximate surface area is 93.5 Å². The standard InChI is InChI=1S/C12H23N3/c1-3-11(7-13)8-14-9-12-5-4-6-15(2)10-12/h11-12,14H,3-6,8-10H2,1-2H3. The van der Waals surface area contributed by atoms with Gasteiger partial charge in [0.2, 0.25) is 0 Å². The van der Waals surface area contributed by atoms with Crippen LogP contribution < -0.4 is 5.32 Å². The van der Waals surface area contributed by atoms with Crippen LogP contribution in [0.1, 0.15) is 26.2 Å². The number of rotatable bonds is 5. The zero-order valence-corrected chi connectivity index (χ0v) is 10.00. The first kappa shape index (κ1) is 12.5. The minimum Gasteiger partial charge on any atom is -0.315 e. The molecule has 0 aromatic heterocycles. The van der Waals surface area contributed by atoms with E-state index in [2.05, 4.69) is 30.3 Å². The number of hydrogen-bond donors (Lipinski definition) is 1. The lowest BCUT2D eigenvalue weighted by Crippen LogP contribution is -2.38. The van der Waals surface area contributed by atoms with E-state index in [0.29, 0.717) is 0 Å². The molecule has 0 bridgehead atoms. The fourth-order valence-corrected chi connectivity index (χ4v) is 2.18. The summed E-state index contributed by atoms with van der Waals surface area (Å²) >= 11 is 0. The molecule has 2 atom stereocenters. The van der Waals surface area contributed by atoms with Crippen molar-refractivity contribution < 1.29 is 0 Å². The molecule has 1 fully saturated rings. The van der Waals surface area contributed by atoms with Gasteiger partial charge in [0.25, 0.3) is 0 Å². The minimum absolute atomic E-state index is 0.186. The van der Waals surface area contributed by atoms with Gasteiger partial charge in [-0.1, -0.05) is 6.92 Å². The number of likely N-dealkylation sites (tertiary alicyclic amines) is 1. The first-order valence-corrected chi connectivity index (χ1v) is 6.05. The molecular formula is C12H23N3. The Kier molecular flexibility index (Phi) is 5.67. The van der Waals surface area contributed by atoms with Gasteiger partial charge in [0, 0.05) is 13.1 Å². The fraction of sp³-hybridized carbons (Fsp3) is 0.917. The third-order valence-corrected chi connectivity index (χ3v) is 3.22. The average Bonchev–Trinajstić information content (AvgIpc) is 2.25. The second-order valence-corrected chi connectivity index (χ2v) is 4.66. The zero-order chi connectivity index (χ0) is 11.1. The van der Waals surface area contributed by atoms with Gasteiger partial charge >= 0.3 is 0 Å². The minimum atomic E-state index is 0.186. The Bertz CT molecular complexity index is 209. The molecule has 1 saturated heterocycles. The van der Waals surface area contributed by atoms with Gasteiger partial charge in [-0.25, -0.2) is 0 Å². The van der Waals surface area contributed by atoms with Crippen LogP contribution in [0.3, 0.4) is 0 Å². The van der Waals surface area contributed by atoms with Gasteiger partial charge in [0.15, 0.2) is 0 Å². The third kappa shape index (κ3) is 4.63. The second-order valence-electron chi connectivity index (χ2n) is 4.66. The Hall–Kier alpha value is -0.590. The highest BCUT2D eigenvalue weighted by Gasteiger charge is 2.16. The molecule has 1 heterocycles. The van der Waals surface area contributed by atoms with E-state index in [-0.39, 0.29) is 5.92 Å². The molecule has 0 spiro atoms. The van der Waals surface area contributed by atoms with Crippen molar-refractivity contribution in [2.75, 3.05) is 33.2 Å². The Morgan fingerprint density at radius 1 is 1.60 bits per heavy atom. The lowest BCUT2D eigenvalue weighted by atomic mass is 9.98. The summed E-state index contributed by atoms with van der Waals surface area (Å²) in [5, 5.41) is 12.2. The molecule has 0 radical (unpaired) electrons. The van der Waals surface area contributed by atoms with Crippen molar-refractivity contribution >= 4 is 0 Å². The first-order chi connectivity index (χ1) is 7.26. The number of nitriles is 1. The molecule has 0 amide bonds. The predicted octanol–water partition coefficient (Wildman–Crippen LogP) is 1.47. The smallest absolute Gasteiger partial charge is 0.0669 e. The lowest BCUT2D eigenvalue weighted by Gasteiger charge is -2.29. The van der Waals surface area contributed by atoms with Gasteiger partial charge in [0.1, 0.15) is 0 Å². The van der Waals surface area contributed by atoms with E-state index in [1.165, 1.54) is 25.9 Å². The maximum atomic E-state index is 8.81. The number of piperidine rings is 1. The van der Waals surface area contributed by atoms with E-state index in [9.17, 15) is 0 Å². The predicted molar refractivity (Wildman–Crippen MR) is 62.5 cm³/mol. The van der Waals surface area contributed by atoms with Crippen LogP contribution >= 0.6 is 0 Å². The van der Waals surface area contributed by atoms with E-state index >= 15 is 0 Å². The number of hydrogen-bond acceptors (Lipinski definition) is 3. The van der Waals surface area contributed by atoms with E-state index in [1.54, 1.807) is 0 Å². The monoisotopic (exact) mass is 209 g/mol. The molecule has 1 N–H and O–H groups in total. The molecule has 1 aliphatic rings. The zero-order valence-electron chi connectivity index (χ0n) is 10.00. The van der Waals surface area contributed by atoms with E-state index in [1.807, 2.05) is 0 Å².